The van der Waals surface area contributed by atoms with Crippen LogP contribution in [0.25, 0.3) is 10.8 Å². The molecule has 0 aliphatic heterocycles. The summed E-state index contributed by atoms with van der Waals surface area (Å²) in [7, 11) is 0. The summed E-state index contributed by atoms with van der Waals surface area (Å²) in [5, 5.41) is 2.06. The minimum Gasteiger partial charge on any atom is -0.322 e. The van der Waals surface area contributed by atoms with E-state index in [0.717, 1.165) is 16.2 Å². The van der Waals surface area contributed by atoms with Crippen LogP contribution in [0, 0.1) is 0 Å². The van der Waals surface area contributed by atoms with Crippen LogP contribution in [0.15, 0.2) is 72.8 Å². The van der Waals surface area contributed by atoms with Crippen LogP contribution in [0.1, 0.15) is 0 Å². The van der Waals surface area contributed by atoms with E-state index in [9.17, 15) is 4.32 Å². The highest BCUT2D eigenvalue weighted by Crippen LogP contribution is 2.12. The standard InChI is InChI=1S/C16H12BF/c18-17(14-9-2-1-3-10-14)16-12-6-8-13-7-4-5-11-15(13)16/h1-12H. The molecule has 0 N–H and O–H groups in total. The predicted molar refractivity (Wildman–Crippen MR) is 76.5 cm³/mol. The summed E-state index contributed by atoms with van der Waals surface area (Å²) in [6.45, 7) is -1.07. The molecule has 0 aliphatic carbocycles. The smallest absolute Gasteiger partial charge is 0.322 e. The Morgan fingerprint density at radius 3 is 2.17 bits per heavy atom. The summed E-state index contributed by atoms with van der Waals surface area (Å²) in [4.78, 5) is 0. The number of halogens is 1. The van der Waals surface area contributed by atoms with Crippen molar-refractivity contribution in [3.8, 4) is 0 Å². The van der Waals surface area contributed by atoms with Gasteiger partial charge in [-0.15, -0.1) is 0 Å². The van der Waals surface area contributed by atoms with Gasteiger partial charge in [0.2, 0.25) is 0 Å². The van der Waals surface area contributed by atoms with Crippen molar-refractivity contribution < 1.29 is 4.32 Å². The first-order valence-electron chi connectivity index (χ1n) is 6.03. The summed E-state index contributed by atoms with van der Waals surface area (Å²) in [5.41, 5.74) is 1.44. The molecule has 0 amide bonds. The molecule has 0 heterocycles. The van der Waals surface area contributed by atoms with Crippen molar-refractivity contribution in [2.45, 2.75) is 0 Å². The third-order valence-corrected chi connectivity index (χ3v) is 3.19. The lowest BCUT2D eigenvalue weighted by Crippen LogP contribution is -2.38. The van der Waals surface area contributed by atoms with Crippen LogP contribution in [0.4, 0.5) is 4.32 Å². The molecule has 0 nitrogen and oxygen atoms in total. The number of fused-ring (bicyclic) bond motifs is 1. The maximum absolute atomic E-state index is 14.6. The van der Waals surface area contributed by atoms with E-state index in [0.29, 0.717) is 5.46 Å². The van der Waals surface area contributed by atoms with E-state index in [2.05, 4.69) is 0 Å². The first-order valence-corrected chi connectivity index (χ1v) is 6.03. The summed E-state index contributed by atoms with van der Waals surface area (Å²) < 4.78 is 14.6. The van der Waals surface area contributed by atoms with E-state index in [1.165, 1.54) is 0 Å². The first kappa shape index (κ1) is 11.0. The van der Waals surface area contributed by atoms with Crippen LogP contribution in [0.3, 0.4) is 0 Å². The average Bonchev–Trinajstić information content (AvgIpc) is 2.47. The summed E-state index contributed by atoms with van der Waals surface area (Å²) in [6.07, 6.45) is 0. The zero-order chi connectivity index (χ0) is 12.4. The van der Waals surface area contributed by atoms with Crippen molar-refractivity contribution >= 4 is 28.7 Å². The van der Waals surface area contributed by atoms with Gasteiger partial charge in [-0.25, -0.2) is 0 Å². The summed E-state index contributed by atoms with van der Waals surface area (Å²) >= 11 is 0. The Hall–Kier alpha value is -2.09. The molecule has 0 unspecified atom stereocenters. The molecule has 0 aromatic heterocycles. The number of benzene rings is 3. The molecular formula is C16H12BF. The van der Waals surface area contributed by atoms with Crippen molar-refractivity contribution in [3.05, 3.63) is 72.8 Å². The molecule has 0 bridgehead atoms. The number of hydrogen-bond acceptors (Lipinski definition) is 0. The number of rotatable bonds is 2. The molecule has 86 valence electrons. The van der Waals surface area contributed by atoms with E-state index in [4.69, 9.17) is 0 Å². The first-order chi connectivity index (χ1) is 8.86. The van der Waals surface area contributed by atoms with Crippen molar-refractivity contribution in [2.75, 3.05) is 0 Å². The Morgan fingerprint density at radius 2 is 1.33 bits per heavy atom. The van der Waals surface area contributed by atoms with Crippen molar-refractivity contribution in [2.24, 2.45) is 0 Å². The quantitative estimate of drug-likeness (QED) is 0.598. The third-order valence-electron chi connectivity index (χ3n) is 3.19. The molecule has 0 spiro atoms. The van der Waals surface area contributed by atoms with Crippen molar-refractivity contribution in [1.29, 1.82) is 0 Å². The molecule has 0 saturated heterocycles. The zero-order valence-electron chi connectivity index (χ0n) is 9.88. The maximum Gasteiger partial charge on any atom is 0.414 e. The summed E-state index contributed by atoms with van der Waals surface area (Å²) in [6, 6.07) is 23.0. The Balaban J connectivity index is 2.15. The molecular weight excluding hydrogens is 222 g/mol. The minimum atomic E-state index is -1.07. The van der Waals surface area contributed by atoms with Gasteiger partial charge in [-0.1, -0.05) is 72.8 Å². The molecule has 3 aromatic carbocycles. The zero-order valence-corrected chi connectivity index (χ0v) is 9.88. The Kier molecular flexibility index (Phi) is 2.85. The van der Waals surface area contributed by atoms with Gasteiger partial charge in [0.1, 0.15) is 0 Å². The highest BCUT2D eigenvalue weighted by molar-refractivity contribution is 6.81. The van der Waals surface area contributed by atoms with Gasteiger partial charge in [-0.2, -0.15) is 0 Å². The Morgan fingerprint density at radius 1 is 0.667 bits per heavy atom. The number of hydrogen-bond donors (Lipinski definition) is 0. The Labute approximate surface area is 106 Å². The fourth-order valence-corrected chi connectivity index (χ4v) is 2.27. The fraction of sp³-hybridized carbons (Fsp3) is 0. The second kappa shape index (κ2) is 4.65. The SMILES string of the molecule is FB(c1ccccc1)c1cccc2ccccc12. The largest absolute Gasteiger partial charge is 0.414 e. The average molecular weight is 234 g/mol. The van der Waals surface area contributed by atoms with Gasteiger partial charge in [0, 0.05) is 0 Å². The van der Waals surface area contributed by atoms with E-state index in [1.807, 2.05) is 72.8 Å². The molecule has 0 saturated carbocycles. The molecule has 18 heavy (non-hydrogen) atoms. The molecule has 0 atom stereocenters. The minimum absolute atomic E-state index is 0.703. The van der Waals surface area contributed by atoms with Gasteiger partial charge in [0.15, 0.2) is 0 Å². The van der Waals surface area contributed by atoms with Crippen LogP contribution in [-0.4, -0.2) is 6.99 Å². The molecule has 0 radical (unpaired) electrons. The van der Waals surface area contributed by atoms with Crippen LogP contribution in [0.5, 0.6) is 0 Å². The lowest BCUT2D eigenvalue weighted by Gasteiger charge is -2.08. The van der Waals surface area contributed by atoms with Gasteiger partial charge in [0.05, 0.1) is 0 Å². The van der Waals surface area contributed by atoms with Gasteiger partial charge in [-0.05, 0) is 21.7 Å². The van der Waals surface area contributed by atoms with Crippen molar-refractivity contribution in [3.63, 3.8) is 0 Å². The monoisotopic (exact) mass is 234 g/mol. The lowest BCUT2D eigenvalue weighted by atomic mass is 9.57. The second-order valence-electron chi connectivity index (χ2n) is 4.34. The normalized spacial score (nSPS) is 10.5. The van der Waals surface area contributed by atoms with Crippen molar-refractivity contribution in [1.82, 2.24) is 0 Å². The fourth-order valence-electron chi connectivity index (χ4n) is 2.27. The lowest BCUT2D eigenvalue weighted by molar-refractivity contribution is 0.865. The van der Waals surface area contributed by atoms with Gasteiger partial charge >= 0.3 is 6.99 Å². The van der Waals surface area contributed by atoms with Gasteiger partial charge < -0.3 is 4.32 Å². The van der Waals surface area contributed by atoms with Gasteiger partial charge in [0.25, 0.3) is 0 Å². The molecule has 0 fully saturated rings. The predicted octanol–water partition coefficient (Wildman–Crippen LogP) is 2.92. The highest BCUT2D eigenvalue weighted by Gasteiger charge is 2.21. The molecule has 2 heteroatoms. The van der Waals surface area contributed by atoms with E-state index >= 15 is 0 Å². The molecule has 0 aliphatic rings. The highest BCUT2D eigenvalue weighted by atomic mass is 19.1. The van der Waals surface area contributed by atoms with Crippen LogP contribution in [-0.2, 0) is 0 Å². The van der Waals surface area contributed by atoms with Crippen LogP contribution in [0.2, 0.25) is 0 Å². The van der Waals surface area contributed by atoms with Crippen LogP contribution < -0.4 is 10.9 Å². The van der Waals surface area contributed by atoms with Gasteiger partial charge in [-0.3, -0.25) is 0 Å². The van der Waals surface area contributed by atoms with E-state index < -0.39 is 6.99 Å². The summed E-state index contributed by atoms with van der Waals surface area (Å²) in [5.74, 6) is 0. The van der Waals surface area contributed by atoms with Crippen LogP contribution >= 0.6 is 0 Å². The third kappa shape index (κ3) is 1.90. The van der Waals surface area contributed by atoms with E-state index in [1.54, 1.807) is 0 Å². The topological polar surface area (TPSA) is 0 Å². The maximum atomic E-state index is 14.6. The Bertz CT molecular complexity index is 659. The molecule has 3 rings (SSSR count). The molecule has 3 aromatic rings. The second-order valence-corrected chi connectivity index (χ2v) is 4.34. The van der Waals surface area contributed by atoms with E-state index in [-0.39, 0.29) is 0 Å².